The molecule has 198 valence electrons. The molecule has 0 unspecified atom stereocenters. The van der Waals surface area contributed by atoms with Crippen molar-refractivity contribution >= 4 is 5.97 Å². The van der Waals surface area contributed by atoms with E-state index in [1.54, 1.807) is 19.2 Å². The molecule has 0 saturated carbocycles. The second-order valence-electron chi connectivity index (χ2n) is 10.5. The number of hydrogen-bond acceptors (Lipinski definition) is 4. The number of esters is 1. The van der Waals surface area contributed by atoms with E-state index in [0.717, 1.165) is 47.3 Å². The lowest BCUT2D eigenvalue weighted by atomic mass is 9.81. The minimum Gasteiger partial charge on any atom is -0.497 e. The van der Waals surface area contributed by atoms with Crippen LogP contribution < -0.4 is 9.47 Å². The van der Waals surface area contributed by atoms with E-state index in [1.165, 1.54) is 13.2 Å². The van der Waals surface area contributed by atoms with E-state index in [2.05, 4.69) is 33.8 Å². The molecule has 0 aliphatic heterocycles. The van der Waals surface area contributed by atoms with Gasteiger partial charge in [-0.05, 0) is 76.4 Å². The highest BCUT2D eigenvalue weighted by Gasteiger charge is 2.22. The first-order valence-corrected chi connectivity index (χ1v) is 12.9. The van der Waals surface area contributed by atoms with Crippen LogP contribution >= 0.6 is 0 Å². The predicted molar refractivity (Wildman–Crippen MR) is 147 cm³/mol. The zero-order valence-corrected chi connectivity index (χ0v) is 22.9. The molecule has 0 spiro atoms. The number of ether oxygens (including phenoxy) is 3. The topological polar surface area (TPSA) is 44.8 Å². The SMILES string of the molecule is CCCC[C@@H](CC(=O)OC)c1ccc(OCc2ccc(C(C)(C)C)c(-c3cc(OC)ccc3F)c2)cc1. The van der Waals surface area contributed by atoms with Crippen LogP contribution in [-0.4, -0.2) is 20.2 Å². The average molecular weight is 507 g/mol. The van der Waals surface area contributed by atoms with Gasteiger partial charge in [0.1, 0.15) is 23.9 Å². The van der Waals surface area contributed by atoms with Gasteiger partial charge in [0.05, 0.1) is 20.6 Å². The number of unbranched alkanes of at least 4 members (excludes halogenated alkanes) is 1. The van der Waals surface area contributed by atoms with Crippen molar-refractivity contribution in [2.24, 2.45) is 0 Å². The van der Waals surface area contributed by atoms with Crippen molar-refractivity contribution < 1.29 is 23.4 Å². The van der Waals surface area contributed by atoms with E-state index >= 15 is 0 Å². The zero-order valence-electron chi connectivity index (χ0n) is 22.9. The number of rotatable bonds is 11. The summed E-state index contributed by atoms with van der Waals surface area (Å²) in [5.41, 5.74) is 4.29. The van der Waals surface area contributed by atoms with E-state index < -0.39 is 0 Å². The Morgan fingerprint density at radius 1 is 0.919 bits per heavy atom. The van der Waals surface area contributed by atoms with Crippen LogP contribution in [0.5, 0.6) is 11.5 Å². The molecule has 0 N–H and O–H groups in total. The highest BCUT2D eigenvalue weighted by Crippen LogP contribution is 2.37. The van der Waals surface area contributed by atoms with Crippen molar-refractivity contribution in [1.82, 2.24) is 0 Å². The maximum Gasteiger partial charge on any atom is 0.306 e. The van der Waals surface area contributed by atoms with Crippen LogP contribution in [0.3, 0.4) is 0 Å². The molecule has 5 heteroatoms. The summed E-state index contributed by atoms with van der Waals surface area (Å²) in [4.78, 5) is 11.9. The van der Waals surface area contributed by atoms with Crippen LogP contribution in [0.1, 0.15) is 76.0 Å². The zero-order chi connectivity index (χ0) is 27.0. The first-order chi connectivity index (χ1) is 17.7. The van der Waals surface area contributed by atoms with Crippen LogP contribution in [-0.2, 0) is 21.6 Å². The number of halogens is 1. The number of carbonyl (C=O) groups excluding carboxylic acids is 1. The average Bonchev–Trinajstić information content (AvgIpc) is 2.89. The Hall–Kier alpha value is -3.34. The summed E-state index contributed by atoms with van der Waals surface area (Å²) in [6, 6.07) is 18.8. The number of methoxy groups -OCH3 is 2. The van der Waals surface area contributed by atoms with Crippen LogP contribution in [0.15, 0.2) is 60.7 Å². The van der Waals surface area contributed by atoms with Gasteiger partial charge in [-0.2, -0.15) is 0 Å². The molecule has 0 aliphatic carbocycles. The van der Waals surface area contributed by atoms with Gasteiger partial charge < -0.3 is 14.2 Å². The van der Waals surface area contributed by atoms with E-state index in [4.69, 9.17) is 14.2 Å². The van der Waals surface area contributed by atoms with Gasteiger partial charge >= 0.3 is 5.97 Å². The van der Waals surface area contributed by atoms with Gasteiger partial charge in [-0.25, -0.2) is 4.39 Å². The van der Waals surface area contributed by atoms with Gasteiger partial charge in [0.15, 0.2) is 0 Å². The number of carbonyl (C=O) groups is 1. The van der Waals surface area contributed by atoms with Crippen molar-refractivity contribution in [3.8, 4) is 22.6 Å². The quantitative estimate of drug-likeness (QED) is 0.246. The standard InChI is InChI=1S/C32H39FO4/c1-7-8-9-24(19-31(34)36-6)23-11-13-25(14-12-23)37-21-22-10-16-29(32(2,3)4)27(18-22)28-20-26(35-5)15-17-30(28)33/h10-18,20,24H,7-9,19,21H2,1-6H3/t24-/m0/s1. The van der Waals surface area contributed by atoms with E-state index in [1.807, 2.05) is 36.4 Å². The molecule has 3 aromatic rings. The highest BCUT2D eigenvalue weighted by molar-refractivity contribution is 5.72. The smallest absolute Gasteiger partial charge is 0.306 e. The Morgan fingerprint density at radius 2 is 1.62 bits per heavy atom. The van der Waals surface area contributed by atoms with Gasteiger partial charge in [-0.3, -0.25) is 4.79 Å². The van der Waals surface area contributed by atoms with Crippen molar-refractivity contribution in [1.29, 1.82) is 0 Å². The van der Waals surface area contributed by atoms with Crippen LogP contribution in [0, 0.1) is 5.82 Å². The van der Waals surface area contributed by atoms with Crippen molar-refractivity contribution in [3.05, 3.63) is 83.2 Å². The van der Waals surface area contributed by atoms with E-state index in [-0.39, 0.29) is 23.1 Å². The second kappa shape index (κ2) is 12.8. The summed E-state index contributed by atoms with van der Waals surface area (Å²) in [5, 5.41) is 0. The van der Waals surface area contributed by atoms with Crippen molar-refractivity contribution in [2.45, 2.75) is 71.3 Å². The molecule has 0 fully saturated rings. The molecule has 1 atom stereocenters. The first kappa shape index (κ1) is 28.2. The summed E-state index contributed by atoms with van der Waals surface area (Å²) >= 11 is 0. The Balaban J connectivity index is 1.81. The molecule has 0 radical (unpaired) electrons. The first-order valence-electron chi connectivity index (χ1n) is 12.9. The van der Waals surface area contributed by atoms with Gasteiger partial charge in [-0.15, -0.1) is 0 Å². The molecule has 37 heavy (non-hydrogen) atoms. The minimum atomic E-state index is -0.287. The minimum absolute atomic E-state index is 0.131. The maximum atomic E-state index is 14.9. The second-order valence-corrected chi connectivity index (χ2v) is 10.5. The molecular formula is C32H39FO4. The van der Waals surface area contributed by atoms with Crippen LogP contribution in [0.25, 0.3) is 11.1 Å². The molecule has 4 nitrogen and oxygen atoms in total. The summed E-state index contributed by atoms with van der Waals surface area (Å²) < 4.78 is 31.2. The van der Waals surface area contributed by atoms with Crippen molar-refractivity contribution in [3.63, 3.8) is 0 Å². The third-order valence-corrected chi connectivity index (χ3v) is 6.66. The van der Waals surface area contributed by atoms with Gasteiger partial charge in [-0.1, -0.05) is 64.8 Å². The summed E-state index contributed by atoms with van der Waals surface area (Å²) in [6.45, 7) is 8.86. The molecule has 3 aromatic carbocycles. The Labute approximate surface area is 220 Å². The fourth-order valence-electron chi connectivity index (χ4n) is 4.52. The molecule has 0 heterocycles. The molecule has 3 rings (SSSR count). The lowest BCUT2D eigenvalue weighted by Gasteiger charge is -2.24. The van der Waals surface area contributed by atoms with Gasteiger partial charge in [0.2, 0.25) is 0 Å². The third kappa shape index (κ3) is 7.58. The largest absolute Gasteiger partial charge is 0.497 e. The molecule has 0 saturated heterocycles. The normalized spacial score (nSPS) is 12.2. The lowest BCUT2D eigenvalue weighted by molar-refractivity contribution is -0.141. The Bertz CT molecular complexity index is 1180. The highest BCUT2D eigenvalue weighted by atomic mass is 19.1. The molecule has 0 aromatic heterocycles. The fourth-order valence-corrected chi connectivity index (χ4v) is 4.52. The van der Waals surface area contributed by atoms with Crippen LogP contribution in [0.4, 0.5) is 4.39 Å². The van der Waals surface area contributed by atoms with Crippen molar-refractivity contribution in [2.75, 3.05) is 14.2 Å². The summed E-state index contributed by atoms with van der Waals surface area (Å²) in [7, 11) is 3.01. The fraction of sp³-hybridized carbons (Fsp3) is 0.406. The number of hydrogen-bond donors (Lipinski definition) is 0. The molecule has 0 amide bonds. The maximum absolute atomic E-state index is 14.9. The van der Waals surface area contributed by atoms with Crippen LogP contribution in [0.2, 0.25) is 0 Å². The van der Waals surface area contributed by atoms with E-state index in [0.29, 0.717) is 24.3 Å². The predicted octanol–water partition coefficient (Wildman–Crippen LogP) is 8.21. The lowest BCUT2D eigenvalue weighted by Crippen LogP contribution is -2.13. The van der Waals surface area contributed by atoms with Gasteiger partial charge in [0.25, 0.3) is 0 Å². The summed E-state index contributed by atoms with van der Waals surface area (Å²) in [5.74, 6) is 1.01. The molecule has 0 bridgehead atoms. The summed E-state index contributed by atoms with van der Waals surface area (Å²) in [6.07, 6.45) is 3.45. The Morgan fingerprint density at radius 3 is 2.24 bits per heavy atom. The van der Waals surface area contributed by atoms with E-state index in [9.17, 15) is 9.18 Å². The molecular weight excluding hydrogens is 467 g/mol. The number of benzene rings is 3. The monoisotopic (exact) mass is 506 g/mol. The third-order valence-electron chi connectivity index (χ3n) is 6.66. The Kier molecular flexibility index (Phi) is 9.73. The molecule has 0 aliphatic rings. The van der Waals surface area contributed by atoms with Gasteiger partial charge in [0, 0.05) is 5.56 Å².